The predicted octanol–water partition coefficient (Wildman–Crippen LogP) is 2.56. The van der Waals surface area contributed by atoms with Gasteiger partial charge in [0.1, 0.15) is 0 Å². The minimum Gasteiger partial charge on any atom is -0.378 e. The van der Waals surface area contributed by atoms with Gasteiger partial charge in [-0.1, -0.05) is 18.2 Å². The molecule has 1 aromatic heterocycles. The van der Waals surface area contributed by atoms with Crippen molar-refractivity contribution >= 4 is 16.8 Å². The molecule has 0 spiro atoms. The molecule has 23 heavy (non-hydrogen) atoms. The van der Waals surface area contributed by atoms with Crippen LogP contribution in [0.4, 0.5) is 0 Å². The number of fused-ring (bicyclic) bond motifs is 1. The Morgan fingerprint density at radius 2 is 2.22 bits per heavy atom. The molecule has 0 aliphatic carbocycles. The number of amides is 1. The van der Waals surface area contributed by atoms with Crippen molar-refractivity contribution in [3.63, 3.8) is 0 Å². The molecule has 1 N–H and O–H groups in total. The molecule has 1 aromatic carbocycles. The number of benzene rings is 1. The number of aromatic nitrogens is 1. The number of ether oxygens (including phenoxy) is 1. The Morgan fingerprint density at radius 1 is 1.39 bits per heavy atom. The van der Waals surface area contributed by atoms with Gasteiger partial charge in [-0.05, 0) is 31.7 Å². The van der Waals surface area contributed by atoms with E-state index in [9.17, 15) is 9.59 Å². The summed E-state index contributed by atoms with van der Waals surface area (Å²) in [5.74, 6) is -0.111. The van der Waals surface area contributed by atoms with E-state index in [1.807, 2.05) is 24.3 Å². The minimum absolute atomic E-state index is 0.111. The molecule has 1 fully saturated rings. The third-order valence-corrected chi connectivity index (χ3v) is 4.37. The predicted molar refractivity (Wildman–Crippen MR) is 89.7 cm³/mol. The largest absolute Gasteiger partial charge is 0.378 e. The maximum atomic E-state index is 12.7. The molecule has 0 unspecified atom stereocenters. The highest BCUT2D eigenvalue weighted by atomic mass is 16.5. The second-order valence-corrected chi connectivity index (χ2v) is 6.10. The van der Waals surface area contributed by atoms with Crippen molar-refractivity contribution in [1.29, 1.82) is 0 Å². The Morgan fingerprint density at radius 3 is 3.00 bits per heavy atom. The molecule has 5 heteroatoms. The van der Waals surface area contributed by atoms with Crippen LogP contribution in [0.5, 0.6) is 0 Å². The molecule has 0 radical (unpaired) electrons. The van der Waals surface area contributed by atoms with Crippen molar-refractivity contribution in [2.75, 3.05) is 20.2 Å². The van der Waals surface area contributed by atoms with Gasteiger partial charge in [-0.25, -0.2) is 0 Å². The zero-order valence-corrected chi connectivity index (χ0v) is 13.4. The van der Waals surface area contributed by atoms with E-state index < -0.39 is 0 Å². The Balaban J connectivity index is 1.70. The highest BCUT2D eigenvalue weighted by Crippen LogP contribution is 2.18. The van der Waals surface area contributed by atoms with E-state index in [0.29, 0.717) is 23.7 Å². The van der Waals surface area contributed by atoms with Gasteiger partial charge in [0, 0.05) is 37.2 Å². The average molecular weight is 314 g/mol. The first-order chi connectivity index (χ1) is 11.1. The number of hydrogen-bond donors (Lipinski definition) is 1. The maximum absolute atomic E-state index is 12.7. The summed E-state index contributed by atoms with van der Waals surface area (Å²) < 4.78 is 5.60. The van der Waals surface area contributed by atoms with Crippen LogP contribution >= 0.6 is 0 Å². The maximum Gasteiger partial charge on any atom is 0.254 e. The van der Waals surface area contributed by atoms with Gasteiger partial charge < -0.3 is 14.6 Å². The summed E-state index contributed by atoms with van der Waals surface area (Å²) in [4.78, 5) is 28.9. The lowest BCUT2D eigenvalue weighted by molar-refractivity contribution is 0.0764. The second-order valence-electron chi connectivity index (χ2n) is 6.10. The van der Waals surface area contributed by atoms with E-state index in [1.165, 1.54) is 6.07 Å². The highest BCUT2D eigenvalue weighted by Gasteiger charge is 2.18. The summed E-state index contributed by atoms with van der Waals surface area (Å²) in [7, 11) is 1.79. The van der Waals surface area contributed by atoms with Crippen molar-refractivity contribution in [3.05, 3.63) is 46.2 Å². The molecule has 1 atom stereocenters. The molecule has 0 saturated carbocycles. The Bertz CT molecular complexity index is 747. The number of carbonyl (C=O) groups is 1. The van der Waals surface area contributed by atoms with Crippen LogP contribution in [0.15, 0.2) is 35.1 Å². The second kappa shape index (κ2) is 6.96. The van der Waals surface area contributed by atoms with Crippen molar-refractivity contribution in [1.82, 2.24) is 9.88 Å². The molecule has 3 rings (SSSR count). The molecule has 1 aliphatic rings. The number of aromatic amines is 1. The lowest BCUT2D eigenvalue weighted by Gasteiger charge is -2.19. The molecule has 122 valence electrons. The Labute approximate surface area is 135 Å². The lowest BCUT2D eigenvalue weighted by atomic mass is 10.1. The Kier molecular flexibility index (Phi) is 4.76. The van der Waals surface area contributed by atoms with Crippen molar-refractivity contribution < 1.29 is 9.53 Å². The van der Waals surface area contributed by atoms with Gasteiger partial charge in [0.05, 0.1) is 11.7 Å². The topological polar surface area (TPSA) is 62.4 Å². The number of para-hydroxylation sites is 1. The summed E-state index contributed by atoms with van der Waals surface area (Å²) in [6, 6.07) is 8.78. The third-order valence-electron chi connectivity index (χ3n) is 4.37. The fourth-order valence-corrected chi connectivity index (χ4v) is 3.12. The lowest BCUT2D eigenvalue weighted by Crippen LogP contribution is -2.29. The summed E-state index contributed by atoms with van der Waals surface area (Å²) in [5.41, 5.74) is 0.903. The molecule has 2 aromatic rings. The summed E-state index contributed by atoms with van der Waals surface area (Å²) in [5, 5.41) is 0.781. The van der Waals surface area contributed by atoms with Crippen LogP contribution in [0.1, 0.15) is 36.0 Å². The number of pyridine rings is 1. The molecule has 5 nitrogen and oxygen atoms in total. The van der Waals surface area contributed by atoms with Crippen LogP contribution in [0.3, 0.4) is 0 Å². The highest BCUT2D eigenvalue weighted by molar-refractivity contribution is 6.05. The monoisotopic (exact) mass is 314 g/mol. The van der Waals surface area contributed by atoms with E-state index in [4.69, 9.17) is 4.74 Å². The van der Waals surface area contributed by atoms with Crippen molar-refractivity contribution in [2.24, 2.45) is 0 Å². The molecule has 2 heterocycles. The average Bonchev–Trinajstić information content (AvgIpc) is 3.06. The minimum atomic E-state index is -0.250. The van der Waals surface area contributed by atoms with Crippen LogP contribution in [0.2, 0.25) is 0 Å². The van der Waals surface area contributed by atoms with Crippen LogP contribution in [0, 0.1) is 0 Å². The SMILES string of the molecule is CN(CCC[C@@H]1CCCO1)C(=O)c1cc(=O)[nH]c2ccccc12. The number of carbonyl (C=O) groups excluding carboxylic acids is 1. The molecule has 1 amide bonds. The van der Waals surface area contributed by atoms with Gasteiger partial charge in [-0.15, -0.1) is 0 Å². The molecule has 0 bridgehead atoms. The van der Waals surface area contributed by atoms with E-state index in [0.717, 1.165) is 37.7 Å². The third kappa shape index (κ3) is 3.62. The summed E-state index contributed by atoms with van der Waals surface area (Å²) >= 11 is 0. The van der Waals surface area contributed by atoms with Gasteiger partial charge in [0.25, 0.3) is 5.91 Å². The first kappa shape index (κ1) is 15.7. The number of nitrogens with one attached hydrogen (secondary N) is 1. The van der Waals surface area contributed by atoms with E-state index in [1.54, 1.807) is 11.9 Å². The van der Waals surface area contributed by atoms with Crippen molar-refractivity contribution in [3.8, 4) is 0 Å². The van der Waals surface area contributed by atoms with Crippen LogP contribution in [0.25, 0.3) is 10.9 Å². The quantitative estimate of drug-likeness (QED) is 0.922. The fourth-order valence-electron chi connectivity index (χ4n) is 3.12. The smallest absolute Gasteiger partial charge is 0.254 e. The number of H-pyrrole nitrogens is 1. The molecular weight excluding hydrogens is 292 g/mol. The first-order valence-corrected chi connectivity index (χ1v) is 8.14. The van der Waals surface area contributed by atoms with Gasteiger partial charge in [-0.2, -0.15) is 0 Å². The van der Waals surface area contributed by atoms with Gasteiger partial charge in [0.15, 0.2) is 0 Å². The van der Waals surface area contributed by atoms with Crippen LogP contribution in [-0.2, 0) is 4.74 Å². The number of nitrogens with zero attached hydrogens (tertiary/aromatic N) is 1. The van der Waals surface area contributed by atoms with E-state index >= 15 is 0 Å². The molecule has 1 saturated heterocycles. The normalized spacial score (nSPS) is 17.5. The van der Waals surface area contributed by atoms with Gasteiger partial charge >= 0.3 is 0 Å². The molecular formula is C18H22N2O3. The standard InChI is InChI=1S/C18H22N2O3/c1-20(10-4-6-13-7-5-11-23-13)18(22)15-12-17(21)19-16-9-3-2-8-14(15)16/h2-3,8-9,12-13H,4-7,10-11H2,1H3,(H,19,21)/t13-/m1/s1. The Hall–Kier alpha value is -2.14. The van der Waals surface area contributed by atoms with Gasteiger partial charge in [0.2, 0.25) is 5.56 Å². The number of hydrogen-bond acceptors (Lipinski definition) is 3. The van der Waals surface area contributed by atoms with Gasteiger partial charge in [-0.3, -0.25) is 9.59 Å². The zero-order valence-electron chi connectivity index (χ0n) is 13.4. The van der Waals surface area contributed by atoms with Crippen molar-refractivity contribution in [2.45, 2.75) is 31.8 Å². The summed E-state index contributed by atoms with van der Waals surface area (Å²) in [6.45, 7) is 1.53. The van der Waals surface area contributed by atoms with E-state index in [2.05, 4.69) is 4.98 Å². The molecule has 1 aliphatic heterocycles. The van der Waals surface area contributed by atoms with E-state index in [-0.39, 0.29) is 11.5 Å². The summed E-state index contributed by atoms with van der Waals surface area (Å²) in [6.07, 6.45) is 4.50. The van der Waals surface area contributed by atoms with Crippen LogP contribution in [-0.4, -0.2) is 42.1 Å². The number of rotatable bonds is 5. The van der Waals surface area contributed by atoms with Crippen LogP contribution < -0.4 is 5.56 Å². The first-order valence-electron chi connectivity index (χ1n) is 8.14. The fraction of sp³-hybridized carbons (Fsp3) is 0.444. The zero-order chi connectivity index (χ0) is 16.2.